The predicted octanol–water partition coefficient (Wildman–Crippen LogP) is 2.23. The maximum Gasteiger partial charge on any atom is 0.242 e. The van der Waals surface area contributed by atoms with Gasteiger partial charge < -0.3 is 15.5 Å². The van der Waals surface area contributed by atoms with Crippen molar-refractivity contribution in [3.05, 3.63) is 29.8 Å². The number of carbonyl (C=O) groups excluding carboxylic acids is 1. The molecule has 0 aliphatic rings. The second-order valence-corrected chi connectivity index (χ2v) is 5.89. The Hall–Kier alpha value is -1.55. The Morgan fingerprint density at radius 2 is 1.95 bits per heavy atom. The van der Waals surface area contributed by atoms with E-state index in [2.05, 4.69) is 17.0 Å². The van der Waals surface area contributed by atoms with E-state index in [1.807, 2.05) is 47.1 Å². The first-order valence-electron chi connectivity index (χ1n) is 7.08. The molecule has 1 atom stereocenters. The number of nitrogens with two attached hydrogens (primary N) is 1. The molecule has 1 rings (SSSR count). The van der Waals surface area contributed by atoms with Gasteiger partial charge in [-0.25, -0.2) is 0 Å². The van der Waals surface area contributed by atoms with Gasteiger partial charge in [0.15, 0.2) is 0 Å². The Bertz CT molecular complexity index is 455. The molecule has 0 saturated heterocycles. The molecule has 4 nitrogen and oxygen atoms in total. The van der Waals surface area contributed by atoms with Crippen LogP contribution < -0.4 is 10.6 Å². The van der Waals surface area contributed by atoms with Gasteiger partial charge in [-0.05, 0) is 31.0 Å². The van der Waals surface area contributed by atoms with Crippen LogP contribution in [0.15, 0.2) is 24.3 Å². The lowest BCUT2D eigenvalue weighted by Gasteiger charge is -2.29. The molecule has 0 heterocycles. The average Bonchev–Trinajstić information content (AvgIpc) is 2.38. The number of hydrogen-bond acceptors (Lipinski definition) is 3. The van der Waals surface area contributed by atoms with Crippen LogP contribution in [0.25, 0.3) is 0 Å². The normalized spacial score (nSPS) is 13.7. The molecule has 0 aliphatic heterocycles. The van der Waals surface area contributed by atoms with E-state index < -0.39 is 5.54 Å². The fraction of sp³-hybridized carbons (Fsp3) is 0.562. The van der Waals surface area contributed by atoms with Gasteiger partial charge in [0, 0.05) is 33.4 Å². The summed E-state index contributed by atoms with van der Waals surface area (Å²) in [5, 5.41) is 0. The van der Waals surface area contributed by atoms with Crippen molar-refractivity contribution in [1.82, 2.24) is 4.90 Å². The lowest BCUT2D eigenvalue weighted by molar-refractivity contribution is -0.135. The Morgan fingerprint density at radius 3 is 2.50 bits per heavy atom. The number of carbonyl (C=O) groups is 1. The van der Waals surface area contributed by atoms with Crippen molar-refractivity contribution >= 4 is 11.6 Å². The van der Waals surface area contributed by atoms with Crippen molar-refractivity contribution in [1.29, 1.82) is 0 Å². The van der Waals surface area contributed by atoms with E-state index in [1.165, 1.54) is 0 Å². The zero-order chi connectivity index (χ0) is 15.3. The van der Waals surface area contributed by atoms with Crippen LogP contribution in [-0.4, -0.2) is 37.5 Å². The van der Waals surface area contributed by atoms with Crippen molar-refractivity contribution in [2.24, 2.45) is 5.73 Å². The van der Waals surface area contributed by atoms with Gasteiger partial charge in [-0.2, -0.15) is 0 Å². The molecule has 1 aromatic carbocycles. The van der Waals surface area contributed by atoms with Gasteiger partial charge in [-0.3, -0.25) is 4.79 Å². The molecule has 1 amide bonds. The molecule has 1 aromatic rings. The second-order valence-electron chi connectivity index (χ2n) is 5.89. The summed E-state index contributed by atoms with van der Waals surface area (Å²) in [5.41, 5.74) is 7.57. The van der Waals surface area contributed by atoms with Crippen LogP contribution in [0, 0.1) is 0 Å². The molecule has 0 aliphatic carbocycles. The first-order valence-corrected chi connectivity index (χ1v) is 7.08. The molecule has 0 bridgehead atoms. The highest BCUT2D eigenvalue weighted by Gasteiger charge is 2.30. The molecular formula is C16H27N3O. The van der Waals surface area contributed by atoms with E-state index in [0.29, 0.717) is 13.0 Å². The molecule has 0 saturated carbocycles. The minimum atomic E-state index is -0.775. The smallest absolute Gasteiger partial charge is 0.242 e. The van der Waals surface area contributed by atoms with Gasteiger partial charge in [-0.15, -0.1) is 0 Å². The molecule has 0 fully saturated rings. The van der Waals surface area contributed by atoms with E-state index in [1.54, 1.807) is 4.90 Å². The summed E-state index contributed by atoms with van der Waals surface area (Å²) in [4.78, 5) is 16.1. The molecule has 0 aromatic heterocycles. The number of likely N-dealkylation sites (N-methyl/N-ethyl adjacent to an activating group) is 1. The molecule has 2 N–H and O–H groups in total. The number of nitrogens with zero attached hydrogens (tertiary/aromatic N) is 2. The third-order valence-corrected chi connectivity index (χ3v) is 3.45. The van der Waals surface area contributed by atoms with Crippen molar-refractivity contribution in [3.8, 4) is 0 Å². The Morgan fingerprint density at radius 1 is 1.30 bits per heavy atom. The second kappa shape index (κ2) is 6.75. The van der Waals surface area contributed by atoms with Gasteiger partial charge in [0.05, 0.1) is 5.54 Å². The molecule has 1 unspecified atom stereocenters. The predicted molar refractivity (Wildman–Crippen MR) is 84.7 cm³/mol. The summed E-state index contributed by atoms with van der Waals surface area (Å²) in [6, 6.07) is 8.19. The topological polar surface area (TPSA) is 49.6 Å². The van der Waals surface area contributed by atoms with Crippen molar-refractivity contribution in [3.63, 3.8) is 0 Å². The first kappa shape index (κ1) is 16.5. The van der Waals surface area contributed by atoms with Gasteiger partial charge in [0.25, 0.3) is 0 Å². The summed E-state index contributed by atoms with van der Waals surface area (Å²) in [7, 11) is 5.82. The maximum absolute atomic E-state index is 12.4. The zero-order valence-corrected chi connectivity index (χ0v) is 13.3. The molecule has 112 valence electrons. The van der Waals surface area contributed by atoms with Gasteiger partial charge >= 0.3 is 0 Å². The van der Waals surface area contributed by atoms with Crippen molar-refractivity contribution in [2.45, 2.75) is 38.8 Å². The highest BCUT2D eigenvalue weighted by Crippen LogP contribution is 2.17. The third-order valence-electron chi connectivity index (χ3n) is 3.45. The Kier molecular flexibility index (Phi) is 5.57. The summed E-state index contributed by atoms with van der Waals surface area (Å²) in [5.74, 6) is -0.00499. The fourth-order valence-corrected chi connectivity index (χ4v) is 2.34. The summed E-state index contributed by atoms with van der Waals surface area (Å²) < 4.78 is 0. The summed E-state index contributed by atoms with van der Waals surface area (Å²) in [6.07, 6.45) is 1.61. The van der Waals surface area contributed by atoms with Crippen LogP contribution >= 0.6 is 0 Å². The zero-order valence-electron chi connectivity index (χ0n) is 13.3. The monoisotopic (exact) mass is 277 g/mol. The van der Waals surface area contributed by atoms with Crippen LogP contribution in [0.1, 0.15) is 32.3 Å². The summed E-state index contributed by atoms with van der Waals surface area (Å²) in [6.45, 7) is 4.43. The molecular weight excluding hydrogens is 250 g/mol. The minimum Gasteiger partial charge on any atom is -0.378 e. The number of hydrogen-bond donors (Lipinski definition) is 1. The van der Waals surface area contributed by atoms with E-state index in [4.69, 9.17) is 5.73 Å². The highest BCUT2D eigenvalue weighted by atomic mass is 16.2. The lowest BCUT2D eigenvalue weighted by Crippen LogP contribution is -2.51. The SMILES string of the molecule is CCCC(C)(N)C(=O)N(C)Cc1cccc(N(C)C)c1. The Labute approximate surface area is 122 Å². The fourth-order valence-electron chi connectivity index (χ4n) is 2.34. The van der Waals surface area contributed by atoms with Gasteiger partial charge in [0.1, 0.15) is 0 Å². The number of amides is 1. The third kappa shape index (κ3) is 4.23. The average molecular weight is 277 g/mol. The highest BCUT2D eigenvalue weighted by molar-refractivity contribution is 5.85. The van der Waals surface area contributed by atoms with E-state index >= 15 is 0 Å². The summed E-state index contributed by atoms with van der Waals surface area (Å²) >= 11 is 0. The van der Waals surface area contributed by atoms with Crippen molar-refractivity contribution < 1.29 is 4.79 Å². The standard InChI is InChI=1S/C16H27N3O/c1-6-10-16(2,17)15(20)19(5)12-13-8-7-9-14(11-13)18(3)4/h7-9,11H,6,10,12,17H2,1-5H3. The van der Waals surface area contributed by atoms with Crippen LogP contribution in [-0.2, 0) is 11.3 Å². The Balaban J connectivity index is 2.77. The minimum absolute atomic E-state index is 0.00499. The molecule has 0 spiro atoms. The largest absolute Gasteiger partial charge is 0.378 e. The van der Waals surface area contributed by atoms with Gasteiger partial charge in [0.2, 0.25) is 5.91 Å². The lowest BCUT2D eigenvalue weighted by atomic mass is 9.95. The van der Waals surface area contributed by atoms with Crippen LogP contribution in [0.5, 0.6) is 0 Å². The number of rotatable bonds is 6. The van der Waals surface area contributed by atoms with E-state index in [-0.39, 0.29) is 5.91 Å². The van der Waals surface area contributed by atoms with Crippen LogP contribution in [0.3, 0.4) is 0 Å². The van der Waals surface area contributed by atoms with Crippen LogP contribution in [0.2, 0.25) is 0 Å². The molecule has 20 heavy (non-hydrogen) atoms. The number of anilines is 1. The molecule has 4 heteroatoms. The van der Waals surface area contributed by atoms with E-state index in [0.717, 1.165) is 17.7 Å². The maximum atomic E-state index is 12.4. The van der Waals surface area contributed by atoms with E-state index in [9.17, 15) is 4.79 Å². The quantitative estimate of drug-likeness (QED) is 0.867. The number of benzene rings is 1. The van der Waals surface area contributed by atoms with Crippen LogP contribution in [0.4, 0.5) is 5.69 Å². The van der Waals surface area contributed by atoms with Gasteiger partial charge in [-0.1, -0.05) is 25.5 Å². The van der Waals surface area contributed by atoms with Crippen molar-refractivity contribution in [2.75, 3.05) is 26.0 Å². The first-order chi connectivity index (χ1) is 9.27. The molecule has 0 radical (unpaired) electrons.